The smallest absolute Gasteiger partial charge is 0.269 e. The summed E-state index contributed by atoms with van der Waals surface area (Å²) in [7, 11) is 0. The lowest BCUT2D eigenvalue weighted by molar-refractivity contribution is 0.699. The predicted molar refractivity (Wildman–Crippen MR) is 84.9 cm³/mol. The largest absolute Gasteiger partial charge is 0.323 e. The number of rotatable bonds is 1. The van der Waals surface area contributed by atoms with Crippen molar-refractivity contribution in [3.05, 3.63) is 37.1 Å². The number of hydrogen-bond donors (Lipinski definition) is 1. The summed E-state index contributed by atoms with van der Waals surface area (Å²) >= 11 is 8.44. The standard InChI is InChI=1S/C13H11N3OS3/c17-11-9-7-3-1-2-4-8(7)20-10(9)15-12(18)16(11)13-14-5-6-19-13/h5-6H,1-4H2,(H,15,18). The highest BCUT2D eigenvalue weighted by Crippen LogP contribution is 2.33. The van der Waals surface area contributed by atoms with Crippen molar-refractivity contribution in [3.63, 3.8) is 0 Å². The quantitative estimate of drug-likeness (QED) is 0.699. The lowest BCUT2D eigenvalue weighted by Gasteiger charge is -2.10. The number of aryl methyl sites for hydroxylation is 2. The van der Waals surface area contributed by atoms with Gasteiger partial charge in [-0.2, -0.15) is 0 Å². The van der Waals surface area contributed by atoms with E-state index in [0.717, 1.165) is 29.5 Å². The Morgan fingerprint density at radius 3 is 3.00 bits per heavy atom. The Morgan fingerprint density at radius 2 is 2.20 bits per heavy atom. The fourth-order valence-electron chi connectivity index (χ4n) is 2.74. The number of thiophene rings is 1. The van der Waals surface area contributed by atoms with Gasteiger partial charge in [0.2, 0.25) is 0 Å². The molecule has 102 valence electrons. The van der Waals surface area contributed by atoms with E-state index in [-0.39, 0.29) is 5.56 Å². The second kappa shape index (κ2) is 4.61. The Morgan fingerprint density at radius 1 is 1.35 bits per heavy atom. The minimum Gasteiger partial charge on any atom is -0.323 e. The van der Waals surface area contributed by atoms with E-state index in [0.29, 0.717) is 9.90 Å². The molecule has 0 saturated heterocycles. The average Bonchev–Trinajstić information content (AvgIpc) is 3.05. The van der Waals surface area contributed by atoms with Crippen LogP contribution in [0.2, 0.25) is 0 Å². The second-order valence-electron chi connectivity index (χ2n) is 4.80. The summed E-state index contributed by atoms with van der Waals surface area (Å²) < 4.78 is 1.94. The molecule has 0 fully saturated rings. The Labute approximate surface area is 127 Å². The van der Waals surface area contributed by atoms with Crippen LogP contribution in [-0.2, 0) is 12.8 Å². The molecule has 0 aromatic carbocycles. The molecule has 4 rings (SSSR count). The molecule has 3 aromatic heterocycles. The fourth-order valence-corrected chi connectivity index (χ4v) is 5.06. The molecule has 7 heteroatoms. The van der Waals surface area contributed by atoms with Crippen molar-refractivity contribution in [3.8, 4) is 5.13 Å². The summed E-state index contributed by atoms with van der Waals surface area (Å²) in [6.07, 6.45) is 6.12. The number of fused-ring (bicyclic) bond motifs is 3. The van der Waals surface area contributed by atoms with Crippen molar-refractivity contribution in [2.75, 3.05) is 0 Å². The zero-order valence-corrected chi connectivity index (χ0v) is 13.0. The topological polar surface area (TPSA) is 50.7 Å². The van der Waals surface area contributed by atoms with Gasteiger partial charge in [-0.3, -0.25) is 4.79 Å². The maximum absolute atomic E-state index is 12.8. The van der Waals surface area contributed by atoms with E-state index in [4.69, 9.17) is 12.2 Å². The van der Waals surface area contributed by atoms with Crippen LogP contribution < -0.4 is 5.56 Å². The summed E-state index contributed by atoms with van der Waals surface area (Å²) in [6.45, 7) is 0. The third-order valence-electron chi connectivity index (χ3n) is 3.62. The Kier molecular flexibility index (Phi) is 2.87. The molecule has 0 unspecified atom stereocenters. The predicted octanol–water partition coefficient (Wildman–Crippen LogP) is 3.45. The van der Waals surface area contributed by atoms with Gasteiger partial charge < -0.3 is 4.98 Å². The molecule has 1 aliphatic rings. The maximum atomic E-state index is 12.8. The Bertz CT molecular complexity index is 901. The van der Waals surface area contributed by atoms with E-state index < -0.39 is 0 Å². The fraction of sp³-hybridized carbons (Fsp3) is 0.308. The van der Waals surface area contributed by atoms with Crippen molar-refractivity contribution in [2.24, 2.45) is 0 Å². The van der Waals surface area contributed by atoms with Crippen LogP contribution >= 0.6 is 34.9 Å². The molecule has 3 aromatic rings. The van der Waals surface area contributed by atoms with Gasteiger partial charge >= 0.3 is 0 Å². The van der Waals surface area contributed by atoms with Gasteiger partial charge in [0, 0.05) is 16.5 Å². The molecule has 1 aliphatic carbocycles. The number of aromatic nitrogens is 3. The summed E-state index contributed by atoms with van der Waals surface area (Å²) in [5, 5.41) is 3.30. The van der Waals surface area contributed by atoms with Crippen LogP contribution in [-0.4, -0.2) is 14.5 Å². The Hall–Kier alpha value is -1.31. The molecule has 0 saturated carbocycles. The molecule has 1 N–H and O–H groups in total. The first-order chi connectivity index (χ1) is 9.75. The minimum absolute atomic E-state index is 0.0295. The first kappa shape index (κ1) is 12.4. The van der Waals surface area contributed by atoms with Crippen molar-refractivity contribution in [1.82, 2.24) is 14.5 Å². The number of nitrogens with one attached hydrogen (secondary N) is 1. The number of nitrogens with zero attached hydrogens (tertiary/aromatic N) is 2. The van der Waals surface area contributed by atoms with Crippen molar-refractivity contribution < 1.29 is 0 Å². The van der Waals surface area contributed by atoms with Crippen LogP contribution in [0.15, 0.2) is 16.4 Å². The zero-order valence-electron chi connectivity index (χ0n) is 10.5. The molecular formula is C13H11N3OS3. The lowest BCUT2D eigenvalue weighted by atomic mass is 9.97. The van der Waals surface area contributed by atoms with Crippen LogP contribution in [0.1, 0.15) is 23.3 Å². The molecule has 0 bridgehead atoms. The number of H-pyrrole nitrogens is 1. The lowest BCUT2D eigenvalue weighted by Crippen LogP contribution is -2.20. The van der Waals surface area contributed by atoms with Gasteiger partial charge in [0.25, 0.3) is 5.56 Å². The van der Waals surface area contributed by atoms with E-state index in [1.807, 2.05) is 5.38 Å². The highest BCUT2D eigenvalue weighted by Gasteiger charge is 2.20. The summed E-state index contributed by atoms with van der Waals surface area (Å²) in [6, 6.07) is 0. The van der Waals surface area contributed by atoms with Crippen molar-refractivity contribution in [2.45, 2.75) is 25.7 Å². The van der Waals surface area contributed by atoms with E-state index >= 15 is 0 Å². The third kappa shape index (κ3) is 1.73. The van der Waals surface area contributed by atoms with Gasteiger partial charge in [-0.25, -0.2) is 9.55 Å². The summed E-state index contributed by atoms with van der Waals surface area (Å²) in [5.74, 6) is 0. The maximum Gasteiger partial charge on any atom is 0.269 e. The third-order valence-corrected chi connectivity index (χ3v) is 5.87. The van der Waals surface area contributed by atoms with Gasteiger partial charge in [-0.1, -0.05) is 0 Å². The van der Waals surface area contributed by atoms with E-state index in [2.05, 4.69) is 9.97 Å². The average molecular weight is 321 g/mol. The van der Waals surface area contributed by atoms with Crippen LogP contribution in [0.5, 0.6) is 0 Å². The number of hydrogen-bond acceptors (Lipinski definition) is 5. The highest BCUT2D eigenvalue weighted by atomic mass is 32.1. The molecule has 4 nitrogen and oxygen atoms in total. The molecule has 0 spiro atoms. The molecule has 0 amide bonds. The summed E-state index contributed by atoms with van der Waals surface area (Å²) in [4.78, 5) is 22.5. The van der Waals surface area contributed by atoms with E-state index in [1.165, 1.54) is 32.8 Å². The molecule has 20 heavy (non-hydrogen) atoms. The number of aromatic amines is 1. The van der Waals surface area contributed by atoms with Gasteiger partial charge in [-0.05, 0) is 43.5 Å². The first-order valence-corrected chi connectivity index (χ1v) is 8.55. The van der Waals surface area contributed by atoms with Crippen molar-refractivity contribution in [1.29, 1.82) is 0 Å². The SMILES string of the molecule is O=c1c2c3c(sc2[nH]c(=S)n1-c1nccs1)CCCC3. The van der Waals surface area contributed by atoms with Gasteiger partial charge in [0.05, 0.1) is 5.39 Å². The normalized spacial score (nSPS) is 14.6. The molecule has 3 heterocycles. The molecule has 0 atom stereocenters. The highest BCUT2D eigenvalue weighted by molar-refractivity contribution is 7.71. The molecule has 0 radical (unpaired) electrons. The van der Waals surface area contributed by atoms with E-state index in [9.17, 15) is 4.79 Å². The second-order valence-corrected chi connectivity index (χ2v) is 7.17. The van der Waals surface area contributed by atoms with Crippen LogP contribution in [0.25, 0.3) is 15.3 Å². The van der Waals surface area contributed by atoms with Gasteiger partial charge in [0.1, 0.15) is 4.83 Å². The minimum atomic E-state index is -0.0295. The zero-order chi connectivity index (χ0) is 13.7. The van der Waals surface area contributed by atoms with Crippen LogP contribution in [0.4, 0.5) is 0 Å². The first-order valence-electron chi connectivity index (χ1n) is 6.45. The Balaban J connectivity index is 2.12. The van der Waals surface area contributed by atoms with Crippen molar-refractivity contribution >= 4 is 45.1 Å². The van der Waals surface area contributed by atoms with Gasteiger partial charge in [0.15, 0.2) is 9.90 Å². The molecule has 0 aliphatic heterocycles. The van der Waals surface area contributed by atoms with E-state index in [1.54, 1.807) is 17.5 Å². The molecular weight excluding hydrogens is 310 g/mol. The van der Waals surface area contributed by atoms with Crippen LogP contribution in [0.3, 0.4) is 0 Å². The summed E-state index contributed by atoms with van der Waals surface area (Å²) in [5.41, 5.74) is 1.19. The van der Waals surface area contributed by atoms with Gasteiger partial charge in [-0.15, -0.1) is 22.7 Å². The number of thiazole rings is 1. The monoisotopic (exact) mass is 321 g/mol. The van der Waals surface area contributed by atoms with Crippen LogP contribution in [0, 0.1) is 4.77 Å².